The minimum atomic E-state index is -0.398. The number of carbonyl (C=O) groups is 1. The Labute approximate surface area is 180 Å². The van der Waals surface area contributed by atoms with Crippen molar-refractivity contribution in [2.45, 2.75) is 56.8 Å². The summed E-state index contributed by atoms with van der Waals surface area (Å²) < 4.78 is 13.7. The highest BCUT2D eigenvalue weighted by Gasteiger charge is 2.48. The fraction of sp³-hybridized carbons (Fsp3) is 0.591. The number of halogens is 1. The molecular weight excluding hydrogens is 404 g/mol. The lowest BCUT2D eigenvalue weighted by Crippen LogP contribution is -2.41. The fourth-order valence-electron chi connectivity index (χ4n) is 5.31. The Morgan fingerprint density at radius 2 is 2.20 bits per heavy atom. The van der Waals surface area contributed by atoms with Gasteiger partial charge >= 0.3 is 6.09 Å². The fourth-order valence-corrected chi connectivity index (χ4v) is 5.58. The summed E-state index contributed by atoms with van der Waals surface area (Å²) in [5.74, 6) is 0.371. The summed E-state index contributed by atoms with van der Waals surface area (Å²) in [7, 11) is 0. The molecule has 3 heterocycles. The lowest BCUT2D eigenvalue weighted by atomic mass is 9.78. The standard InChI is InChI=1S/C22H25ClN4O3/c23-18-7-16(10-24)8-19-20(18)25-14-27(19)11-15-3-1-5-22(9-15)13-26(21(28)30-22)12-17-4-2-6-29-17/h7-8,14-15,17H,1-6,9,11-13H2. The molecule has 1 spiro atoms. The first kappa shape index (κ1) is 19.7. The van der Waals surface area contributed by atoms with Crippen LogP contribution in [0.4, 0.5) is 4.79 Å². The number of hydrogen-bond donors (Lipinski definition) is 0. The molecule has 3 fully saturated rings. The number of imidazole rings is 1. The van der Waals surface area contributed by atoms with Crippen LogP contribution in [0.3, 0.4) is 0 Å². The maximum Gasteiger partial charge on any atom is 0.410 e. The van der Waals surface area contributed by atoms with Crippen LogP contribution in [0.2, 0.25) is 5.02 Å². The molecule has 2 saturated heterocycles. The molecule has 3 aliphatic rings. The summed E-state index contributed by atoms with van der Waals surface area (Å²) in [5.41, 5.74) is 1.73. The van der Waals surface area contributed by atoms with Crippen LogP contribution in [0.15, 0.2) is 18.5 Å². The first-order chi connectivity index (χ1) is 14.5. The first-order valence-corrected chi connectivity index (χ1v) is 11.1. The highest BCUT2D eigenvalue weighted by molar-refractivity contribution is 6.35. The molecule has 2 aromatic rings. The molecule has 30 heavy (non-hydrogen) atoms. The van der Waals surface area contributed by atoms with Crippen LogP contribution in [0.5, 0.6) is 0 Å². The SMILES string of the molecule is N#Cc1cc(Cl)c2ncn(CC3CCCC4(C3)CN(CC3CCCO3)C(=O)O4)c2c1. The van der Waals surface area contributed by atoms with Gasteiger partial charge < -0.3 is 18.9 Å². The molecule has 1 saturated carbocycles. The molecule has 3 atom stereocenters. The number of aromatic nitrogens is 2. The molecule has 1 aliphatic carbocycles. The summed E-state index contributed by atoms with van der Waals surface area (Å²) >= 11 is 6.30. The van der Waals surface area contributed by atoms with E-state index in [1.54, 1.807) is 12.4 Å². The van der Waals surface area contributed by atoms with E-state index in [0.717, 1.165) is 62.7 Å². The van der Waals surface area contributed by atoms with Crippen molar-refractivity contribution >= 4 is 28.7 Å². The number of benzene rings is 1. The molecule has 0 bridgehead atoms. The molecule has 7 nitrogen and oxygen atoms in total. The Kier molecular flexibility index (Phi) is 5.08. The second-order valence-electron chi connectivity index (χ2n) is 8.86. The summed E-state index contributed by atoms with van der Waals surface area (Å²) in [6.07, 6.45) is 7.67. The molecule has 0 N–H and O–H groups in total. The van der Waals surface area contributed by atoms with Crippen LogP contribution in [0.25, 0.3) is 11.0 Å². The van der Waals surface area contributed by atoms with Crippen molar-refractivity contribution in [3.05, 3.63) is 29.0 Å². The Balaban J connectivity index is 1.30. The van der Waals surface area contributed by atoms with Gasteiger partial charge in [0.2, 0.25) is 0 Å². The van der Waals surface area contributed by atoms with Gasteiger partial charge in [0.15, 0.2) is 0 Å². The summed E-state index contributed by atoms with van der Waals surface area (Å²) in [4.78, 5) is 18.8. The Bertz CT molecular complexity index is 1010. The Morgan fingerprint density at radius 3 is 3.00 bits per heavy atom. The van der Waals surface area contributed by atoms with E-state index in [9.17, 15) is 10.1 Å². The lowest BCUT2D eigenvalue weighted by molar-refractivity contribution is 0.00407. The number of fused-ring (bicyclic) bond motifs is 1. The number of ether oxygens (including phenoxy) is 2. The van der Waals surface area contributed by atoms with Crippen LogP contribution in [-0.2, 0) is 16.0 Å². The van der Waals surface area contributed by atoms with Crippen LogP contribution in [0, 0.1) is 17.2 Å². The number of rotatable bonds is 4. The summed E-state index contributed by atoms with van der Waals surface area (Å²) in [5, 5.41) is 9.76. The predicted octanol–water partition coefficient (Wildman–Crippen LogP) is 4.12. The average Bonchev–Trinajstić information content (AvgIpc) is 3.44. The van der Waals surface area contributed by atoms with E-state index in [1.807, 2.05) is 11.0 Å². The van der Waals surface area contributed by atoms with Crippen molar-refractivity contribution in [3.63, 3.8) is 0 Å². The van der Waals surface area contributed by atoms with Gasteiger partial charge in [0.05, 0.1) is 47.7 Å². The molecule has 3 unspecified atom stereocenters. The molecule has 1 aromatic carbocycles. The molecule has 1 aromatic heterocycles. The largest absolute Gasteiger partial charge is 0.441 e. The topological polar surface area (TPSA) is 80.4 Å². The molecular formula is C22H25ClN4O3. The van der Waals surface area contributed by atoms with Crippen LogP contribution < -0.4 is 0 Å². The smallest absolute Gasteiger partial charge is 0.410 e. The van der Waals surface area contributed by atoms with Gasteiger partial charge in [-0.05, 0) is 56.6 Å². The van der Waals surface area contributed by atoms with Gasteiger partial charge in [0, 0.05) is 13.2 Å². The zero-order valence-corrected chi connectivity index (χ0v) is 17.6. The van der Waals surface area contributed by atoms with E-state index in [1.165, 1.54) is 0 Å². The molecule has 8 heteroatoms. The number of hydrogen-bond acceptors (Lipinski definition) is 5. The maximum atomic E-state index is 12.5. The van der Waals surface area contributed by atoms with E-state index in [2.05, 4.69) is 15.6 Å². The van der Waals surface area contributed by atoms with Gasteiger partial charge in [-0.1, -0.05) is 11.6 Å². The van der Waals surface area contributed by atoms with Crippen molar-refractivity contribution in [3.8, 4) is 6.07 Å². The van der Waals surface area contributed by atoms with Crippen molar-refractivity contribution < 1.29 is 14.3 Å². The molecule has 2 aliphatic heterocycles. The Hall–Kier alpha value is -2.30. The molecule has 0 radical (unpaired) electrons. The minimum Gasteiger partial charge on any atom is -0.441 e. The normalized spacial score (nSPS) is 28.9. The van der Waals surface area contributed by atoms with Crippen LogP contribution in [-0.4, -0.2) is 51.9 Å². The van der Waals surface area contributed by atoms with Crippen LogP contribution in [0.1, 0.15) is 44.1 Å². The second-order valence-corrected chi connectivity index (χ2v) is 9.27. The minimum absolute atomic E-state index is 0.142. The second kappa shape index (κ2) is 7.75. The van der Waals surface area contributed by atoms with E-state index in [0.29, 0.717) is 29.6 Å². The average molecular weight is 429 g/mol. The van der Waals surface area contributed by atoms with Crippen LogP contribution >= 0.6 is 11.6 Å². The third-order valence-electron chi connectivity index (χ3n) is 6.66. The maximum absolute atomic E-state index is 12.5. The van der Waals surface area contributed by atoms with Gasteiger partial charge in [0.1, 0.15) is 11.1 Å². The van der Waals surface area contributed by atoms with Gasteiger partial charge in [-0.25, -0.2) is 9.78 Å². The Morgan fingerprint density at radius 1 is 1.30 bits per heavy atom. The predicted molar refractivity (Wildman–Crippen MR) is 111 cm³/mol. The van der Waals surface area contributed by atoms with Crippen molar-refractivity contribution in [1.82, 2.24) is 14.5 Å². The third kappa shape index (κ3) is 3.63. The first-order valence-electron chi connectivity index (χ1n) is 10.7. The number of amides is 1. The van der Waals surface area contributed by atoms with Gasteiger partial charge in [0.25, 0.3) is 0 Å². The number of nitriles is 1. The monoisotopic (exact) mass is 428 g/mol. The highest BCUT2D eigenvalue weighted by atomic mass is 35.5. The van der Waals surface area contributed by atoms with E-state index >= 15 is 0 Å². The number of carbonyl (C=O) groups excluding carboxylic acids is 1. The lowest BCUT2D eigenvalue weighted by Gasteiger charge is -2.36. The quantitative estimate of drug-likeness (QED) is 0.731. The van der Waals surface area contributed by atoms with E-state index in [-0.39, 0.29) is 12.2 Å². The summed E-state index contributed by atoms with van der Waals surface area (Å²) in [6, 6.07) is 5.65. The van der Waals surface area contributed by atoms with Gasteiger partial charge in [-0.3, -0.25) is 0 Å². The zero-order chi connectivity index (χ0) is 20.7. The molecule has 1 amide bonds. The van der Waals surface area contributed by atoms with Crippen molar-refractivity contribution in [2.24, 2.45) is 5.92 Å². The molecule has 158 valence electrons. The van der Waals surface area contributed by atoms with Crippen molar-refractivity contribution in [2.75, 3.05) is 19.7 Å². The van der Waals surface area contributed by atoms with Gasteiger partial charge in [-0.2, -0.15) is 5.26 Å². The zero-order valence-electron chi connectivity index (χ0n) is 16.8. The third-order valence-corrected chi connectivity index (χ3v) is 6.95. The molecule has 5 rings (SSSR count). The van der Waals surface area contributed by atoms with Crippen molar-refractivity contribution in [1.29, 1.82) is 5.26 Å². The van der Waals surface area contributed by atoms with Gasteiger partial charge in [-0.15, -0.1) is 0 Å². The highest BCUT2D eigenvalue weighted by Crippen LogP contribution is 2.41. The van der Waals surface area contributed by atoms with E-state index < -0.39 is 5.60 Å². The van der Waals surface area contributed by atoms with E-state index in [4.69, 9.17) is 21.1 Å². The number of nitrogens with zero attached hydrogens (tertiary/aromatic N) is 4. The summed E-state index contributed by atoms with van der Waals surface area (Å²) in [6.45, 7) is 2.84.